The lowest BCUT2D eigenvalue weighted by Gasteiger charge is -2.26. The number of anilines is 1. The molecule has 0 saturated carbocycles. The summed E-state index contributed by atoms with van der Waals surface area (Å²) in [4.78, 5) is 20.3. The van der Waals surface area contributed by atoms with Crippen LogP contribution >= 0.6 is 24.0 Å². The molecule has 2 rings (SSSR count). The topological polar surface area (TPSA) is 61.9 Å². The van der Waals surface area contributed by atoms with E-state index in [4.69, 9.17) is 5.73 Å². The van der Waals surface area contributed by atoms with Crippen molar-refractivity contribution in [2.45, 2.75) is 39.7 Å². The van der Waals surface area contributed by atoms with Gasteiger partial charge in [0.15, 0.2) is 5.96 Å². The number of aliphatic imine (C=N–C) groups is 1. The Labute approximate surface area is 156 Å². The van der Waals surface area contributed by atoms with Crippen LogP contribution in [0.25, 0.3) is 0 Å². The van der Waals surface area contributed by atoms with Gasteiger partial charge in [-0.2, -0.15) is 0 Å². The number of hydrogen-bond acceptors (Lipinski definition) is 2. The Morgan fingerprint density at radius 3 is 2.43 bits per heavy atom. The van der Waals surface area contributed by atoms with Crippen LogP contribution in [-0.2, 0) is 11.3 Å². The van der Waals surface area contributed by atoms with Crippen LogP contribution in [0.2, 0.25) is 0 Å². The molecule has 1 fully saturated rings. The van der Waals surface area contributed by atoms with Gasteiger partial charge in [0.2, 0.25) is 5.91 Å². The first kappa shape index (κ1) is 19.7. The number of rotatable bonds is 5. The van der Waals surface area contributed by atoms with Gasteiger partial charge in [0.25, 0.3) is 0 Å². The number of hydrogen-bond donors (Lipinski definition) is 1. The second kappa shape index (κ2) is 9.75. The van der Waals surface area contributed by atoms with Crippen LogP contribution in [0.5, 0.6) is 0 Å². The summed E-state index contributed by atoms with van der Waals surface area (Å²) in [5, 5.41) is 0. The number of amides is 1. The smallest absolute Gasteiger partial charge is 0.226 e. The van der Waals surface area contributed by atoms with E-state index >= 15 is 0 Å². The number of piperidine rings is 1. The SMILES string of the molecule is CCN(CC)C(N)=NCc1ccc(N2CCCCC2=O)cc1.I. The molecule has 0 spiro atoms. The molecule has 1 aliphatic heterocycles. The van der Waals surface area contributed by atoms with E-state index < -0.39 is 0 Å². The third-order valence-corrected chi connectivity index (χ3v) is 4.08. The highest BCUT2D eigenvalue weighted by Gasteiger charge is 2.19. The minimum absolute atomic E-state index is 0. The van der Waals surface area contributed by atoms with Crippen LogP contribution in [-0.4, -0.2) is 36.4 Å². The zero-order valence-electron chi connectivity index (χ0n) is 14.0. The maximum Gasteiger partial charge on any atom is 0.226 e. The minimum atomic E-state index is 0. The van der Waals surface area contributed by atoms with Crippen LogP contribution in [0.4, 0.5) is 5.69 Å². The van der Waals surface area contributed by atoms with Gasteiger partial charge < -0.3 is 15.5 Å². The number of carbonyl (C=O) groups excluding carboxylic acids is 1. The van der Waals surface area contributed by atoms with Crippen molar-refractivity contribution in [2.75, 3.05) is 24.5 Å². The van der Waals surface area contributed by atoms with Crippen molar-refractivity contribution in [2.24, 2.45) is 10.7 Å². The fourth-order valence-corrected chi connectivity index (χ4v) is 2.68. The van der Waals surface area contributed by atoms with Gasteiger partial charge in [0, 0.05) is 31.7 Å². The van der Waals surface area contributed by atoms with Crippen molar-refractivity contribution in [3.05, 3.63) is 29.8 Å². The third-order valence-electron chi connectivity index (χ3n) is 4.08. The highest BCUT2D eigenvalue weighted by atomic mass is 127. The minimum Gasteiger partial charge on any atom is -0.370 e. The maximum absolute atomic E-state index is 11.9. The highest BCUT2D eigenvalue weighted by molar-refractivity contribution is 14.0. The first-order valence-electron chi connectivity index (χ1n) is 8.09. The molecule has 0 unspecified atom stereocenters. The maximum atomic E-state index is 11.9. The van der Waals surface area contributed by atoms with Gasteiger partial charge in [-0.05, 0) is 44.4 Å². The predicted molar refractivity (Wildman–Crippen MR) is 106 cm³/mol. The van der Waals surface area contributed by atoms with Crippen LogP contribution in [0.15, 0.2) is 29.3 Å². The third kappa shape index (κ3) is 5.37. The van der Waals surface area contributed by atoms with Crippen molar-refractivity contribution in [3.63, 3.8) is 0 Å². The summed E-state index contributed by atoms with van der Waals surface area (Å²) in [6, 6.07) is 8.05. The van der Waals surface area contributed by atoms with Crippen LogP contribution in [0, 0.1) is 0 Å². The van der Waals surface area contributed by atoms with Crippen LogP contribution in [0.1, 0.15) is 38.7 Å². The molecule has 0 radical (unpaired) electrons. The fraction of sp³-hybridized carbons (Fsp3) is 0.529. The summed E-state index contributed by atoms with van der Waals surface area (Å²) in [6.07, 6.45) is 2.75. The molecule has 6 heteroatoms. The summed E-state index contributed by atoms with van der Waals surface area (Å²) in [7, 11) is 0. The molecular weight excluding hydrogens is 403 g/mol. The van der Waals surface area contributed by atoms with E-state index in [1.807, 2.05) is 34.1 Å². The van der Waals surface area contributed by atoms with Crippen molar-refractivity contribution in [1.82, 2.24) is 4.90 Å². The van der Waals surface area contributed by atoms with Crippen LogP contribution in [0.3, 0.4) is 0 Å². The lowest BCUT2D eigenvalue weighted by molar-refractivity contribution is -0.119. The van der Waals surface area contributed by atoms with E-state index in [1.54, 1.807) is 0 Å². The number of halogens is 1. The molecular formula is C17H27IN4O. The summed E-state index contributed by atoms with van der Waals surface area (Å²) in [5.74, 6) is 0.808. The summed E-state index contributed by atoms with van der Waals surface area (Å²) in [5.41, 5.74) is 8.06. The lowest BCUT2D eigenvalue weighted by Crippen LogP contribution is -2.37. The Hall–Kier alpha value is -1.31. The Bertz CT molecular complexity index is 526. The van der Waals surface area contributed by atoms with Crippen molar-refractivity contribution < 1.29 is 4.79 Å². The largest absolute Gasteiger partial charge is 0.370 e. The standard InChI is InChI=1S/C17H26N4O.HI/c1-3-20(4-2)17(18)19-13-14-8-10-15(11-9-14)21-12-6-5-7-16(21)22;/h8-11H,3-7,12-13H2,1-2H3,(H2,18,19);1H. The normalized spacial score (nSPS) is 15.3. The number of carbonyl (C=O) groups is 1. The molecule has 23 heavy (non-hydrogen) atoms. The quantitative estimate of drug-likeness (QED) is 0.444. The zero-order chi connectivity index (χ0) is 15.9. The molecule has 1 aromatic carbocycles. The average Bonchev–Trinajstić information content (AvgIpc) is 2.55. The van der Waals surface area contributed by atoms with Crippen molar-refractivity contribution >= 4 is 41.5 Å². The van der Waals surface area contributed by atoms with E-state index in [9.17, 15) is 4.79 Å². The van der Waals surface area contributed by atoms with Gasteiger partial charge in [-0.25, -0.2) is 4.99 Å². The van der Waals surface area contributed by atoms with Crippen LogP contribution < -0.4 is 10.6 Å². The first-order chi connectivity index (χ1) is 10.7. The molecule has 0 aromatic heterocycles. The second-order valence-corrected chi connectivity index (χ2v) is 5.52. The van der Waals surface area contributed by atoms with Gasteiger partial charge in [0.1, 0.15) is 0 Å². The van der Waals surface area contributed by atoms with Gasteiger partial charge in [-0.15, -0.1) is 24.0 Å². The Balaban J connectivity index is 0.00000264. The molecule has 0 bridgehead atoms. The van der Waals surface area contributed by atoms with E-state index in [0.29, 0.717) is 18.9 Å². The predicted octanol–water partition coefficient (Wildman–Crippen LogP) is 2.98. The molecule has 1 saturated heterocycles. The molecule has 5 nitrogen and oxygen atoms in total. The Morgan fingerprint density at radius 2 is 1.87 bits per heavy atom. The Morgan fingerprint density at radius 1 is 1.22 bits per heavy atom. The van der Waals surface area contributed by atoms with E-state index in [2.05, 4.69) is 18.8 Å². The monoisotopic (exact) mass is 430 g/mol. The lowest BCUT2D eigenvalue weighted by atomic mass is 10.1. The van der Waals surface area contributed by atoms with Gasteiger partial charge in [-0.1, -0.05) is 12.1 Å². The average molecular weight is 430 g/mol. The molecule has 128 valence electrons. The molecule has 2 N–H and O–H groups in total. The first-order valence-corrected chi connectivity index (χ1v) is 8.09. The number of nitrogens with zero attached hydrogens (tertiary/aromatic N) is 3. The zero-order valence-corrected chi connectivity index (χ0v) is 16.3. The van der Waals surface area contributed by atoms with Gasteiger partial charge >= 0.3 is 0 Å². The van der Waals surface area contributed by atoms with E-state index in [1.165, 1.54) is 0 Å². The van der Waals surface area contributed by atoms with Gasteiger partial charge in [-0.3, -0.25) is 4.79 Å². The molecule has 1 amide bonds. The van der Waals surface area contributed by atoms with E-state index in [0.717, 1.165) is 43.7 Å². The number of nitrogens with two attached hydrogens (primary N) is 1. The summed E-state index contributed by atoms with van der Waals surface area (Å²) in [6.45, 7) is 7.25. The number of benzene rings is 1. The molecule has 0 aliphatic carbocycles. The molecule has 0 atom stereocenters. The molecule has 1 heterocycles. The van der Waals surface area contributed by atoms with Crippen molar-refractivity contribution in [3.8, 4) is 0 Å². The van der Waals surface area contributed by atoms with E-state index in [-0.39, 0.29) is 29.9 Å². The molecule has 1 aromatic rings. The van der Waals surface area contributed by atoms with Crippen molar-refractivity contribution in [1.29, 1.82) is 0 Å². The van der Waals surface area contributed by atoms with Gasteiger partial charge in [0.05, 0.1) is 6.54 Å². The highest BCUT2D eigenvalue weighted by Crippen LogP contribution is 2.21. The fourth-order valence-electron chi connectivity index (χ4n) is 2.68. The second-order valence-electron chi connectivity index (χ2n) is 5.52. The Kier molecular flexibility index (Phi) is 8.36. The summed E-state index contributed by atoms with van der Waals surface area (Å²) < 4.78 is 0. The molecule has 1 aliphatic rings. The summed E-state index contributed by atoms with van der Waals surface area (Å²) >= 11 is 0. The number of guanidine groups is 1.